The van der Waals surface area contributed by atoms with Crippen LogP contribution in [0.1, 0.15) is 26.2 Å². The number of hydrogen-bond donors (Lipinski definition) is 0. The zero-order valence-corrected chi connectivity index (χ0v) is 9.41. The van der Waals surface area contributed by atoms with Gasteiger partial charge in [-0.3, -0.25) is 4.90 Å². The molecule has 2 fully saturated rings. The van der Waals surface area contributed by atoms with Crippen molar-refractivity contribution in [2.75, 3.05) is 33.5 Å². The molecule has 2 heterocycles. The van der Waals surface area contributed by atoms with Crippen LogP contribution in [0.2, 0.25) is 0 Å². The van der Waals surface area contributed by atoms with E-state index >= 15 is 0 Å². The van der Waals surface area contributed by atoms with Crippen molar-refractivity contribution in [1.82, 2.24) is 9.80 Å². The Labute approximate surface area is 87.0 Å². The molecule has 0 N–H and O–H groups in total. The first kappa shape index (κ1) is 10.4. The molecule has 2 aliphatic rings. The largest absolute Gasteiger partial charge is 0.364 e. The van der Waals surface area contributed by atoms with Gasteiger partial charge in [0.05, 0.1) is 13.3 Å². The Kier molecular flexibility index (Phi) is 3.42. The Balaban J connectivity index is 1.88. The molecule has 0 aromatic carbocycles. The van der Waals surface area contributed by atoms with E-state index in [1.807, 2.05) is 0 Å². The van der Waals surface area contributed by atoms with E-state index in [0.717, 1.165) is 19.4 Å². The zero-order valence-electron chi connectivity index (χ0n) is 9.41. The SMILES string of the molecule is CC[C@H]1COCN1C1CCN(C)CC1. The van der Waals surface area contributed by atoms with Crippen molar-refractivity contribution in [1.29, 1.82) is 0 Å². The minimum absolute atomic E-state index is 0.684. The topological polar surface area (TPSA) is 15.7 Å². The molecule has 2 rings (SSSR count). The minimum atomic E-state index is 0.684. The van der Waals surface area contributed by atoms with Gasteiger partial charge in [-0.25, -0.2) is 0 Å². The molecule has 0 aromatic heterocycles. The highest BCUT2D eigenvalue weighted by atomic mass is 16.5. The minimum Gasteiger partial charge on any atom is -0.364 e. The van der Waals surface area contributed by atoms with E-state index in [9.17, 15) is 0 Å². The molecule has 0 aliphatic carbocycles. The van der Waals surface area contributed by atoms with Crippen LogP contribution < -0.4 is 0 Å². The van der Waals surface area contributed by atoms with Crippen molar-refractivity contribution in [3.63, 3.8) is 0 Å². The monoisotopic (exact) mass is 198 g/mol. The zero-order chi connectivity index (χ0) is 9.97. The Morgan fingerprint density at radius 2 is 2.00 bits per heavy atom. The van der Waals surface area contributed by atoms with Gasteiger partial charge in [-0.05, 0) is 39.4 Å². The quantitative estimate of drug-likeness (QED) is 0.662. The first-order valence-electron chi connectivity index (χ1n) is 5.83. The van der Waals surface area contributed by atoms with Gasteiger partial charge in [0.15, 0.2) is 0 Å². The predicted molar refractivity (Wildman–Crippen MR) is 57.3 cm³/mol. The summed E-state index contributed by atoms with van der Waals surface area (Å²) < 4.78 is 5.55. The molecule has 0 unspecified atom stereocenters. The van der Waals surface area contributed by atoms with Crippen LogP contribution >= 0.6 is 0 Å². The normalized spacial score (nSPS) is 32.6. The maximum absolute atomic E-state index is 5.55. The number of likely N-dealkylation sites (tertiary alicyclic amines) is 1. The summed E-state index contributed by atoms with van der Waals surface area (Å²) in [6.45, 7) is 6.58. The smallest absolute Gasteiger partial charge is 0.0996 e. The summed E-state index contributed by atoms with van der Waals surface area (Å²) in [5.41, 5.74) is 0. The highest BCUT2D eigenvalue weighted by Crippen LogP contribution is 2.22. The van der Waals surface area contributed by atoms with Crippen molar-refractivity contribution >= 4 is 0 Å². The van der Waals surface area contributed by atoms with Crippen LogP contribution in [-0.4, -0.2) is 55.4 Å². The maximum Gasteiger partial charge on any atom is 0.0996 e. The van der Waals surface area contributed by atoms with Crippen LogP contribution in [0.15, 0.2) is 0 Å². The van der Waals surface area contributed by atoms with Crippen LogP contribution in [0.25, 0.3) is 0 Å². The van der Waals surface area contributed by atoms with Crippen molar-refractivity contribution in [2.24, 2.45) is 0 Å². The summed E-state index contributed by atoms with van der Waals surface area (Å²) in [5, 5.41) is 0. The second kappa shape index (κ2) is 4.60. The Bertz CT molecular complexity index is 178. The first-order valence-corrected chi connectivity index (χ1v) is 5.83. The molecule has 82 valence electrons. The Hall–Kier alpha value is -0.120. The van der Waals surface area contributed by atoms with Crippen LogP contribution in [0, 0.1) is 0 Å². The number of hydrogen-bond acceptors (Lipinski definition) is 3. The van der Waals surface area contributed by atoms with Crippen molar-refractivity contribution in [3.8, 4) is 0 Å². The molecule has 0 spiro atoms. The van der Waals surface area contributed by atoms with Crippen molar-refractivity contribution in [3.05, 3.63) is 0 Å². The molecule has 2 aliphatic heterocycles. The van der Waals surface area contributed by atoms with Gasteiger partial charge < -0.3 is 9.64 Å². The average Bonchev–Trinajstić information content (AvgIpc) is 2.67. The third kappa shape index (κ3) is 2.10. The van der Waals surface area contributed by atoms with Crippen molar-refractivity contribution < 1.29 is 4.74 Å². The molecule has 3 heteroatoms. The van der Waals surface area contributed by atoms with E-state index in [2.05, 4.69) is 23.8 Å². The third-order valence-electron chi connectivity index (χ3n) is 3.65. The van der Waals surface area contributed by atoms with Gasteiger partial charge in [0.1, 0.15) is 0 Å². The molecule has 0 amide bonds. The summed E-state index contributed by atoms with van der Waals surface area (Å²) in [6.07, 6.45) is 3.86. The Morgan fingerprint density at radius 3 is 2.64 bits per heavy atom. The standard InChI is InChI=1S/C11H22N2O/c1-3-10-8-14-9-13(10)11-4-6-12(2)7-5-11/h10-11H,3-9H2,1-2H3/t10-/m0/s1. The predicted octanol–water partition coefficient (Wildman–Crippen LogP) is 1.15. The number of rotatable bonds is 2. The Morgan fingerprint density at radius 1 is 1.29 bits per heavy atom. The van der Waals surface area contributed by atoms with Crippen LogP contribution in [0.3, 0.4) is 0 Å². The first-order chi connectivity index (χ1) is 6.81. The molecule has 0 bridgehead atoms. The summed E-state index contributed by atoms with van der Waals surface area (Å²) in [4.78, 5) is 5.00. The molecular formula is C11H22N2O. The lowest BCUT2D eigenvalue weighted by molar-refractivity contribution is 0.0714. The lowest BCUT2D eigenvalue weighted by atomic mass is 10.0. The summed E-state index contributed by atoms with van der Waals surface area (Å²) in [6, 6.07) is 1.46. The average molecular weight is 198 g/mol. The lowest BCUT2D eigenvalue weighted by Gasteiger charge is -2.36. The van der Waals surface area contributed by atoms with E-state index in [-0.39, 0.29) is 0 Å². The molecule has 3 nitrogen and oxygen atoms in total. The number of ether oxygens (including phenoxy) is 1. The van der Waals surface area contributed by atoms with Crippen LogP contribution in [-0.2, 0) is 4.74 Å². The fourth-order valence-corrected chi connectivity index (χ4v) is 2.58. The third-order valence-corrected chi connectivity index (χ3v) is 3.65. The van der Waals surface area contributed by atoms with E-state index in [4.69, 9.17) is 4.74 Å². The maximum atomic E-state index is 5.55. The fourth-order valence-electron chi connectivity index (χ4n) is 2.58. The highest BCUT2D eigenvalue weighted by Gasteiger charge is 2.31. The molecule has 14 heavy (non-hydrogen) atoms. The van der Waals surface area contributed by atoms with Gasteiger partial charge in [-0.15, -0.1) is 0 Å². The van der Waals surface area contributed by atoms with E-state index in [1.54, 1.807) is 0 Å². The molecule has 2 saturated heterocycles. The van der Waals surface area contributed by atoms with E-state index in [1.165, 1.54) is 32.4 Å². The van der Waals surface area contributed by atoms with Gasteiger partial charge in [0, 0.05) is 12.1 Å². The molecule has 0 radical (unpaired) electrons. The van der Waals surface area contributed by atoms with Gasteiger partial charge in [0.2, 0.25) is 0 Å². The molecular weight excluding hydrogens is 176 g/mol. The van der Waals surface area contributed by atoms with Crippen LogP contribution in [0.4, 0.5) is 0 Å². The second-order valence-corrected chi connectivity index (χ2v) is 4.61. The summed E-state index contributed by atoms with van der Waals surface area (Å²) in [7, 11) is 2.22. The number of piperidine rings is 1. The molecule has 1 atom stereocenters. The molecule has 0 aromatic rings. The van der Waals surface area contributed by atoms with Crippen LogP contribution in [0.5, 0.6) is 0 Å². The van der Waals surface area contributed by atoms with Gasteiger partial charge in [-0.1, -0.05) is 6.92 Å². The summed E-state index contributed by atoms with van der Waals surface area (Å²) >= 11 is 0. The van der Waals surface area contributed by atoms with Gasteiger partial charge in [0.25, 0.3) is 0 Å². The summed E-state index contributed by atoms with van der Waals surface area (Å²) in [5.74, 6) is 0. The number of nitrogens with zero attached hydrogens (tertiary/aromatic N) is 2. The van der Waals surface area contributed by atoms with Crippen molar-refractivity contribution in [2.45, 2.75) is 38.3 Å². The second-order valence-electron chi connectivity index (χ2n) is 4.61. The van der Waals surface area contributed by atoms with E-state index in [0.29, 0.717) is 6.04 Å². The fraction of sp³-hybridized carbons (Fsp3) is 1.00. The van der Waals surface area contributed by atoms with Gasteiger partial charge >= 0.3 is 0 Å². The highest BCUT2D eigenvalue weighted by molar-refractivity contribution is 4.84. The van der Waals surface area contributed by atoms with E-state index < -0.39 is 0 Å². The van der Waals surface area contributed by atoms with Gasteiger partial charge in [-0.2, -0.15) is 0 Å². The molecule has 0 saturated carbocycles. The lowest BCUT2D eigenvalue weighted by Crippen LogP contribution is -2.46.